The number of nitrogens with one attached hydrogen (secondary N) is 2. The van der Waals surface area contributed by atoms with Crippen LogP contribution in [0.1, 0.15) is 6.42 Å². The van der Waals surface area contributed by atoms with Crippen LogP contribution >= 0.6 is 24.0 Å². The summed E-state index contributed by atoms with van der Waals surface area (Å²) in [5.41, 5.74) is 0.782. The molecule has 5 nitrogen and oxygen atoms in total. The maximum Gasteiger partial charge on any atom is 0.227 e. The largest absolute Gasteiger partial charge is 0.355 e. The van der Waals surface area contributed by atoms with Gasteiger partial charge in [0.15, 0.2) is 0 Å². The summed E-state index contributed by atoms with van der Waals surface area (Å²) in [7, 11) is 1.83. The molecule has 1 saturated heterocycles. The van der Waals surface area contributed by atoms with E-state index in [1.165, 1.54) is 0 Å². The Bertz CT molecular complexity index is 493. The van der Waals surface area contributed by atoms with Crippen molar-refractivity contribution in [1.29, 1.82) is 0 Å². The number of benzene rings is 1. The Morgan fingerprint density at radius 1 is 1.33 bits per heavy atom. The maximum atomic E-state index is 12.0. The van der Waals surface area contributed by atoms with E-state index < -0.39 is 0 Å². The Balaban J connectivity index is 0.00000220. The zero-order valence-electron chi connectivity index (χ0n) is 11.8. The van der Waals surface area contributed by atoms with Crippen LogP contribution in [0.2, 0.25) is 5.02 Å². The van der Waals surface area contributed by atoms with Crippen LogP contribution in [-0.4, -0.2) is 38.5 Å². The molecule has 0 bridgehead atoms. The monoisotopic (exact) mass is 331 g/mol. The number of carbonyl (C=O) groups excluding carboxylic acids is 2. The lowest BCUT2D eigenvalue weighted by molar-refractivity contribution is -0.126. The van der Waals surface area contributed by atoms with Gasteiger partial charge in [0.1, 0.15) is 0 Å². The molecule has 1 aliphatic heterocycles. The molecule has 1 atom stereocenters. The van der Waals surface area contributed by atoms with Crippen LogP contribution in [-0.2, 0) is 9.59 Å². The van der Waals surface area contributed by atoms with Crippen molar-refractivity contribution in [3.63, 3.8) is 0 Å². The minimum atomic E-state index is -0.282. The minimum absolute atomic E-state index is 0. The molecular weight excluding hydrogens is 313 g/mol. The van der Waals surface area contributed by atoms with Gasteiger partial charge in [-0.15, -0.1) is 12.4 Å². The van der Waals surface area contributed by atoms with Gasteiger partial charge in [0.2, 0.25) is 11.8 Å². The third-order valence-corrected chi connectivity index (χ3v) is 3.56. The van der Waals surface area contributed by atoms with E-state index in [1.807, 2.05) is 7.05 Å². The van der Waals surface area contributed by atoms with Gasteiger partial charge in [-0.05, 0) is 31.3 Å². The molecule has 116 valence electrons. The van der Waals surface area contributed by atoms with Gasteiger partial charge in [-0.2, -0.15) is 0 Å². The minimum Gasteiger partial charge on any atom is -0.355 e. The number of amides is 2. The van der Waals surface area contributed by atoms with Crippen molar-refractivity contribution in [1.82, 2.24) is 10.6 Å². The number of anilines is 1. The van der Waals surface area contributed by atoms with Crippen molar-refractivity contribution in [2.24, 2.45) is 5.92 Å². The van der Waals surface area contributed by atoms with Gasteiger partial charge < -0.3 is 15.5 Å². The van der Waals surface area contributed by atoms with Crippen molar-refractivity contribution >= 4 is 41.5 Å². The summed E-state index contributed by atoms with van der Waals surface area (Å²) in [6, 6.07) is 7.07. The molecule has 0 aromatic heterocycles. The van der Waals surface area contributed by atoms with Crippen LogP contribution < -0.4 is 15.5 Å². The third kappa shape index (κ3) is 4.59. The number of nitrogens with zero attached hydrogens (tertiary/aromatic N) is 1. The van der Waals surface area contributed by atoms with Gasteiger partial charge in [-0.3, -0.25) is 9.59 Å². The van der Waals surface area contributed by atoms with Crippen LogP contribution in [0, 0.1) is 5.92 Å². The predicted molar refractivity (Wildman–Crippen MR) is 86.1 cm³/mol. The van der Waals surface area contributed by atoms with Crippen molar-refractivity contribution in [3.8, 4) is 0 Å². The zero-order chi connectivity index (χ0) is 14.5. The van der Waals surface area contributed by atoms with E-state index in [0.29, 0.717) is 24.7 Å². The third-order valence-electron chi connectivity index (χ3n) is 3.31. The van der Waals surface area contributed by atoms with E-state index in [-0.39, 0.29) is 36.6 Å². The Kier molecular flexibility index (Phi) is 6.95. The number of hydrogen-bond acceptors (Lipinski definition) is 3. The molecule has 0 saturated carbocycles. The van der Waals surface area contributed by atoms with Crippen molar-refractivity contribution in [3.05, 3.63) is 29.3 Å². The predicted octanol–water partition coefficient (Wildman–Crippen LogP) is 1.45. The maximum absolute atomic E-state index is 12.0. The molecule has 1 aliphatic rings. The molecule has 21 heavy (non-hydrogen) atoms. The summed E-state index contributed by atoms with van der Waals surface area (Å²) in [5.74, 6) is -0.374. The van der Waals surface area contributed by atoms with Gasteiger partial charge in [-0.25, -0.2) is 0 Å². The topological polar surface area (TPSA) is 61.4 Å². The molecular formula is C14H19Cl2N3O2. The number of hydrogen-bond donors (Lipinski definition) is 2. The van der Waals surface area contributed by atoms with Gasteiger partial charge in [0.25, 0.3) is 0 Å². The Morgan fingerprint density at radius 2 is 2.00 bits per heavy atom. The first-order valence-electron chi connectivity index (χ1n) is 6.60. The fourth-order valence-electron chi connectivity index (χ4n) is 2.21. The molecule has 2 amide bonds. The normalized spacial score (nSPS) is 17.5. The average molecular weight is 332 g/mol. The fourth-order valence-corrected chi connectivity index (χ4v) is 2.33. The molecule has 1 aromatic carbocycles. The Labute approximate surface area is 135 Å². The Morgan fingerprint density at radius 3 is 2.62 bits per heavy atom. The number of halogens is 2. The highest BCUT2D eigenvalue weighted by atomic mass is 35.5. The molecule has 2 rings (SSSR count). The van der Waals surface area contributed by atoms with Crippen LogP contribution in [0.3, 0.4) is 0 Å². The lowest BCUT2D eigenvalue weighted by Crippen LogP contribution is -2.36. The summed E-state index contributed by atoms with van der Waals surface area (Å²) in [6.45, 7) is 1.71. The quantitative estimate of drug-likeness (QED) is 0.803. The first kappa shape index (κ1) is 17.8. The van der Waals surface area contributed by atoms with Crippen LogP contribution in [0.25, 0.3) is 0 Å². The van der Waals surface area contributed by atoms with E-state index >= 15 is 0 Å². The zero-order valence-corrected chi connectivity index (χ0v) is 13.3. The van der Waals surface area contributed by atoms with E-state index in [2.05, 4.69) is 10.6 Å². The van der Waals surface area contributed by atoms with Crippen molar-refractivity contribution in [2.75, 3.05) is 31.6 Å². The number of rotatable bonds is 5. The van der Waals surface area contributed by atoms with Crippen LogP contribution in [0.5, 0.6) is 0 Å². The first-order chi connectivity index (χ1) is 9.61. The van der Waals surface area contributed by atoms with Gasteiger partial charge in [-0.1, -0.05) is 11.6 Å². The molecule has 1 unspecified atom stereocenters. The highest BCUT2D eigenvalue weighted by Crippen LogP contribution is 2.26. The lowest BCUT2D eigenvalue weighted by Gasteiger charge is -2.16. The molecule has 1 aromatic rings. The van der Waals surface area contributed by atoms with E-state index in [1.54, 1.807) is 29.2 Å². The molecule has 0 aliphatic carbocycles. The molecule has 7 heteroatoms. The molecule has 0 radical (unpaired) electrons. The highest BCUT2D eigenvalue weighted by Gasteiger charge is 2.34. The molecule has 1 fully saturated rings. The van der Waals surface area contributed by atoms with E-state index in [9.17, 15) is 9.59 Å². The summed E-state index contributed by atoms with van der Waals surface area (Å²) >= 11 is 5.83. The lowest BCUT2D eigenvalue weighted by atomic mass is 10.1. The summed E-state index contributed by atoms with van der Waals surface area (Å²) in [5, 5.41) is 6.41. The summed E-state index contributed by atoms with van der Waals surface area (Å²) in [4.78, 5) is 25.6. The summed E-state index contributed by atoms with van der Waals surface area (Å²) in [6.07, 6.45) is 0.258. The highest BCUT2D eigenvalue weighted by molar-refractivity contribution is 6.30. The molecule has 0 spiro atoms. The van der Waals surface area contributed by atoms with Crippen molar-refractivity contribution < 1.29 is 9.59 Å². The fraction of sp³-hybridized carbons (Fsp3) is 0.429. The number of carbonyl (C=O) groups is 2. The van der Waals surface area contributed by atoms with Gasteiger partial charge >= 0.3 is 0 Å². The van der Waals surface area contributed by atoms with Gasteiger partial charge in [0, 0.05) is 36.8 Å². The Hall–Kier alpha value is -1.30. The SMILES string of the molecule is CNCCNC(=O)C1CC(=O)N(c2ccc(Cl)cc2)C1.Cl. The molecule has 2 N–H and O–H groups in total. The smallest absolute Gasteiger partial charge is 0.227 e. The first-order valence-corrected chi connectivity index (χ1v) is 6.98. The standard InChI is InChI=1S/C14H18ClN3O2.ClH/c1-16-6-7-17-14(20)10-8-13(19)18(9-10)12-4-2-11(15)3-5-12;/h2-5,10,16H,6-9H2,1H3,(H,17,20);1H. The number of likely N-dealkylation sites (N-methyl/N-ethyl adjacent to an activating group) is 1. The van der Waals surface area contributed by atoms with Crippen LogP contribution in [0.15, 0.2) is 24.3 Å². The summed E-state index contributed by atoms with van der Waals surface area (Å²) < 4.78 is 0. The van der Waals surface area contributed by atoms with Gasteiger partial charge in [0.05, 0.1) is 5.92 Å². The van der Waals surface area contributed by atoms with E-state index in [0.717, 1.165) is 5.69 Å². The van der Waals surface area contributed by atoms with Crippen molar-refractivity contribution in [2.45, 2.75) is 6.42 Å². The average Bonchev–Trinajstić information content (AvgIpc) is 2.82. The molecule has 1 heterocycles. The second kappa shape index (κ2) is 8.22. The second-order valence-electron chi connectivity index (χ2n) is 4.78. The second-order valence-corrected chi connectivity index (χ2v) is 5.21. The van der Waals surface area contributed by atoms with Crippen LogP contribution in [0.4, 0.5) is 5.69 Å². The van der Waals surface area contributed by atoms with E-state index in [4.69, 9.17) is 11.6 Å².